The third-order valence-corrected chi connectivity index (χ3v) is 3.95. The van der Waals surface area contributed by atoms with Gasteiger partial charge in [-0.2, -0.15) is 0 Å². The van der Waals surface area contributed by atoms with E-state index in [0.29, 0.717) is 13.1 Å². The Kier molecular flexibility index (Phi) is 8.80. The monoisotopic (exact) mass is 492 g/mol. The van der Waals surface area contributed by atoms with E-state index in [9.17, 15) is 0 Å². The maximum Gasteiger partial charge on any atom is 0.191 e. The fraction of sp³-hybridized carbons (Fsp3) is 0.238. The standard InChI is InChI=1S/C21H24N4O2.HI/c1-3-22-21(23-14-16-8-7-11-19(12-16)26-2)24-15-18-13-20(27-25-18)17-9-5-4-6-10-17;/h4-13H,3,14-15H2,1-2H3,(H2,22,23,24);1H. The molecule has 148 valence electrons. The van der Waals surface area contributed by atoms with Gasteiger partial charge in [0.2, 0.25) is 0 Å². The fourth-order valence-corrected chi connectivity index (χ4v) is 2.59. The summed E-state index contributed by atoms with van der Waals surface area (Å²) >= 11 is 0. The number of aromatic nitrogens is 1. The molecule has 0 aliphatic carbocycles. The van der Waals surface area contributed by atoms with Gasteiger partial charge in [0, 0.05) is 18.2 Å². The Labute approximate surface area is 182 Å². The molecule has 0 aliphatic rings. The zero-order chi connectivity index (χ0) is 18.9. The van der Waals surface area contributed by atoms with Gasteiger partial charge in [0.1, 0.15) is 11.4 Å². The predicted octanol–water partition coefficient (Wildman–Crippen LogP) is 4.22. The van der Waals surface area contributed by atoms with Gasteiger partial charge >= 0.3 is 0 Å². The van der Waals surface area contributed by atoms with Crippen LogP contribution >= 0.6 is 24.0 Å². The van der Waals surface area contributed by atoms with Gasteiger partial charge < -0.3 is 19.9 Å². The minimum atomic E-state index is 0. The minimum absolute atomic E-state index is 0. The van der Waals surface area contributed by atoms with Crippen molar-refractivity contribution in [3.8, 4) is 17.1 Å². The van der Waals surface area contributed by atoms with E-state index in [0.717, 1.165) is 40.8 Å². The molecule has 3 aromatic rings. The molecule has 7 heteroatoms. The SMILES string of the molecule is CCNC(=NCc1cccc(OC)c1)NCc1cc(-c2ccccc2)on1.I. The van der Waals surface area contributed by atoms with E-state index < -0.39 is 0 Å². The summed E-state index contributed by atoms with van der Waals surface area (Å²) in [5.74, 6) is 2.31. The molecule has 0 radical (unpaired) electrons. The molecule has 3 rings (SSSR count). The van der Waals surface area contributed by atoms with Gasteiger partial charge in [-0.05, 0) is 24.6 Å². The van der Waals surface area contributed by atoms with Gasteiger partial charge in [-0.25, -0.2) is 4.99 Å². The first-order chi connectivity index (χ1) is 13.3. The van der Waals surface area contributed by atoms with Crippen LogP contribution in [0.2, 0.25) is 0 Å². The number of halogens is 1. The summed E-state index contributed by atoms with van der Waals surface area (Å²) in [6.07, 6.45) is 0. The summed E-state index contributed by atoms with van der Waals surface area (Å²) in [5, 5.41) is 10.7. The lowest BCUT2D eigenvalue weighted by Gasteiger charge is -2.10. The van der Waals surface area contributed by atoms with Crippen LogP contribution in [0.3, 0.4) is 0 Å². The van der Waals surface area contributed by atoms with Crippen LogP contribution in [0, 0.1) is 0 Å². The van der Waals surface area contributed by atoms with Crippen LogP contribution in [0.15, 0.2) is 70.2 Å². The summed E-state index contributed by atoms with van der Waals surface area (Å²) in [4.78, 5) is 4.62. The van der Waals surface area contributed by atoms with Crippen LogP contribution in [0.1, 0.15) is 18.2 Å². The minimum Gasteiger partial charge on any atom is -0.497 e. The first-order valence-corrected chi connectivity index (χ1v) is 8.94. The zero-order valence-corrected chi connectivity index (χ0v) is 18.3. The third-order valence-electron chi connectivity index (χ3n) is 3.95. The molecule has 0 saturated carbocycles. The van der Waals surface area contributed by atoms with Gasteiger partial charge in [0.05, 0.1) is 20.2 Å². The molecule has 0 bridgehead atoms. The molecule has 2 aromatic carbocycles. The first kappa shape index (κ1) is 21.7. The highest BCUT2D eigenvalue weighted by Gasteiger charge is 2.07. The quantitative estimate of drug-likeness (QED) is 0.294. The summed E-state index contributed by atoms with van der Waals surface area (Å²) in [7, 11) is 1.66. The largest absolute Gasteiger partial charge is 0.497 e. The van der Waals surface area contributed by atoms with E-state index in [1.54, 1.807) is 7.11 Å². The fourth-order valence-electron chi connectivity index (χ4n) is 2.59. The van der Waals surface area contributed by atoms with E-state index in [1.807, 2.05) is 67.6 Å². The number of benzene rings is 2. The Morgan fingerprint density at radius 3 is 2.64 bits per heavy atom. The number of aliphatic imine (C=N–C) groups is 1. The normalized spacial score (nSPS) is 10.9. The lowest BCUT2D eigenvalue weighted by molar-refractivity contribution is 0.414. The molecule has 6 nitrogen and oxygen atoms in total. The molecule has 0 aliphatic heterocycles. The highest BCUT2D eigenvalue weighted by Crippen LogP contribution is 2.19. The van der Waals surface area contributed by atoms with Crippen LogP contribution in [-0.2, 0) is 13.1 Å². The summed E-state index contributed by atoms with van der Waals surface area (Å²) in [5.41, 5.74) is 2.91. The molecule has 0 amide bonds. The van der Waals surface area contributed by atoms with Crippen molar-refractivity contribution in [3.63, 3.8) is 0 Å². The molecule has 0 unspecified atom stereocenters. The van der Waals surface area contributed by atoms with Crippen LogP contribution in [-0.4, -0.2) is 24.8 Å². The molecule has 0 fully saturated rings. The highest BCUT2D eigenvalue weighted by atomic mass is 127. The van der Waals surface area contributed by atoms with Gasteiger partial charge in [-0.3, -0.25) is 0 Å². The van der Waals surface area contributed by atoms with Crippen molar-refractivity contribution in [1.82, 2.24) is 15.8 Å². The number of methoxy groups -OCH3 is 1. The van der Waals surface area contributed by atoms with Crippen LogP contribution in [0.4, 0.5) is 0 Å². The Balaban J connectivity index is 0.00000280. The molecular formula is C21H25IN4O2. The Morgan fingerprint density at radius 1 is 1.07 bits per heavy atom. The number of hydrogen-bond acceptors (Lipinski definition) is 4. The Bertz CT molecular complexity index is 881. The number of rotatable bonds is 7. The van der Waals surface area contributed by atoms with Crippen molar-refractivity contribution in [2.24, 2.45) is 4.99 Å². The number of guanidine groups is 1. The van der Waals surface area contributed by atoms with E-state index in [2.05, 4.69) is 20.8 Å². The van der Waals surface area contributed by atoms with Crippen molar-refractivity contribution >= 4 is 29.9 Å². The van der Waals surface area contributed by atoms with Gasteiger partial charge in [-0.1, -0.05) is 47.6 Å². The van der Waals surface area contributed by atoms with Gasteiger partial charge in [-0.15, -0.1) is 24.0 Å². The molecule has 2 N–H and O–H groups in total. The maximum absolute atomic E-state index is 5.43. The number of nitrogens with one attached hydrogen (secondary N) is 2. The molecule has 1 heterocycles. The molecule has 0 saturated heterocycles. The second-order valence-corrected chi connectivity index (χ2v) is 5.95. The zero-order valence-electron chi connectivity index (χ0n) is 16.0. The predicted molar refractivity (Wildman–Crippen MR) is 122 cm³/mol. The Morgan fingerprint density at radius 2 is 1.89 bits per heavy atom. The maximum atomic E-state index is 5.43. The Hall–Kier alpha value is -2.55. The smallest absolute Gasteiger partial charge is 0.191 e. The first-order valence-electron chi connectivity index (χ1n) is 8.94. The average Bonchev–Trinajstić information content (AvgIpc) is 3.20. The van der Waals surface area contributed by atoms with E-state index in [4.69, 9.17) is 9.26 Å². The van der Waals surface area contributed by atoms with E-state index in [-0.39, 0.29) is 24.0 Å². The van der Waals surface area contributed by atoms with E-state index >= 15 is 0 Å². The molecular weight excluding hydrogens is 467 g/mol. The van der Waals surface area contributed by atoms with Crippen molar-refractivity contribution in [2.45, 2.75) is 20.0 Å². The topological polar surface area (TPSA) is 71.7 Å². The van der Waals surface area contributed by atoms with Crippen molar-refractivity contribution in [2.75, 3.05) is 13.7 Å². The third kappa shape index (κ3) is 6.26. The second-order valence-electron chi connectivity index (χ2n) is 5.95. The number of nitrogens with zero attached hydrogens (tertiary/aromatic N) is 2. The van der Waals surface area contributed by atoms with E-state index in [1.165, 1.54) is 0 Å². The molecule has 28 heavy (non-hydrogen) atoms. The molecule has 0 spiro atoms. The summed E-state index contributed by atoms with van der Waals surface area (Å²) < 4.78 is 10.7. The highest BCUT2D eigenvalue weighted by molar-refractivity contribution is 14.0. The van der Waals surface area contributed by atoms with Crippen molar-refractivity contribution in [3.05, 3.63) is 71.9 Å². The summed E-state index contributed by atoms with van der Waals surface area (Å²) in [6, 6.07) is 19.8. The molecule has 1 aromatic heterocycles. The van der Waals surface area contributed by atoms with Crippen molar-refractivity contribution < 1.29 is 9.26 Å². The molecule has 0 atom stereocenters. The summed E-state index contributed by atoms with van der Waals surface area (Å²) in [6.45, 7) is 3.89. The number of hydrogen-bond donors (Lipinski definition) is 2. The van der Waals surface area contributed by atoms with Crippen LogP contribution in [0.25, 0.3) is 11.3 Å². The average molecular weight is 492 g/mol. The van der Waals surface area contributed by atoms with Crippen LogP contribution in [0.5, 0.6) is 5.75 Å². The number of ether oxygens (including phenoxy) is 1. The van der Waals surface area contributed by atoms with Crippen molar-refractivity contribution in [1.29, 1.82) is 0 Å². The van der Waals surface area contributed by atoms with Crippen LogP contribution < -0.4 is 15.4 Å². The second kappa shape index (κ2) is 11.3. The lowest BCUT2D eigenvalue weighted by Crippen LogP contribution is -2.36. The van der Waals surface area contributed by atoms with Gasteiger partial charge in [0.25, 0.3) is 0 Å². The lowest BCUT2D eigenvalue weighted by atomic mass is 10.2. The van der Waals surface area contributed by atoms with Gasteiger partial charge in [0.15, 0.2) is 11.7 Å².